The summed E-state index contributed by atoms with van der Waals surface area (Å²) in [6, 6.07) is 0.662. The minimum absolute atomic E-state index is 0.662. The van der Waals surface area contributed by atoms with Crippen LogP contribution in [0.1, 0.15) is 108 Å². The van der Waals surface area contributed by atoms with Crippen LogP contribution in [0.25, 0.3) is 0 Å². The van der Waals surface area contributed by atoms with Crippen molar-refractivity contribution in [2.24, 2.45) is 17.8 Å². The topological polar surface area (TPSA) is 3.24 Å². The van der Waals surface area contributed by atoms with Gasteiger partial charge >= 0.3 is 0 Å². The predicted octanol–water partition coefficient (Wildman–Crippen LogP) is 10.1. The lowest BCUT2D eigenvalue weighted by Crippen LogP contribution is -2.26. The van der Waals surface area contributed by atoms with Gasteiger partial charge in [-0.1, -0.05) is 84.4 Å². The van der Waals surface area contributed by atoms with E-state index in [4.69, 9.17) is 0 Å². The van der Waals surface area contributed by atoms with Crippen molar-refractivity contribution in [2.45, 2.75) is 114 Å². The van der Waals surface area contributed by atoms with Gasteiger partial charge in [0.1, 0.15) is 0 Å². The molecule has 1 heterocycles. The van der Waals surface area contributed by atoms with E-state index < -0.39 is 0 Å². The fourth-order valence-electron chi connectivity index (χ4n) is 4.61. The average Bonchev–Trinajstić information content (AvgIpc) is 3.37. The molecule has 0 spiro atoms. The molecule has 2 aliphatic rings. The maximum atomic E-state index is 4.00. The molecule has 1 aliphatic carbocycles. The number of rotatable bonds is 6. The van der Waals surface area contributed by atoms with E-state index in [0.717, 1.165) is 24.2 Å². The molecule has 4 atom stereocenters. The molecule has 0 aromatic carbocycles. The van der Waals surface area contributed by atoms with Crippen LogP contribution in [0.2, 0.25) is 0 Å². The van der Waals surface area contributed by atoms with Gasteiger partial charge in [0.2, 0.25) is 0 Å². The molecular weight excluding hydrogens is 386 g/mol. The SMILES string of the molecule is C=CCC1CC(C)CN1C(=C)C.CC.CC.C\C=C/C(C)=C(C)/C=C(\C)C1CCC(C)C1. The summed E-state index contributed by atoms with van der Waals surface area (Å²) in [5, 5.41) is 0. The largest absolute Gasteiger partial charge is 0.372 e. The van der Waals surface area contributed by atoms with Crippen LogP contribution in [0.3, 0.4) is 0 Å². The Labute approximate surface area is 203 Å². The molecule has 1 nitrogen and oxygen atoms in total. The van der Waals surface area contributed by atoms with Gasteiger partial charge in [-0.25, -0.2) is 0 Å². The highest BCUT2D eigenvalue weighted by molar-refractivity contribution is 5.32. The molecule has 1 saturated carbocycles. The van der Waals surface area contributed by atoms with E-state index in [2.05, 4.69) is 84.8 Å². The first-order valence-corrected chi connectivity index (χ1v) is 13.2. The fraction of sp³-hybridized carbons (Fsp3) is 0.677. The molecule has 0 aromatic rings. The Morgan fingerprint density at radius 3 is 1.94 bits per heavy atom. The number of hydrogen-bond acceptors (Lipinski definition) is 1. The maximum absolute atomic E-state index is 4.00. The molecule has 32 heavy (non-hydrogen) atoms. The van der Waals surface area contributed by atoms with E-state index in [1.165, 1.54) is 49.1 Å². The highest BCUT2D eigenvalue weighted by Crippen LogP contribution is 2.35. The Kier molecular flexibility index (Phi) is 19.4. The van der Waals surface area contributed by atoms with Crippen molar-refractivity contribution >= 4 is 0 Å². The van der Waals surface area contributed by atoms with Crippen molar-refractivity contribution in [1.82, 2.24) is 4.90 Å². The summed E-state index contributed by atoms with van der Waals surface area (Å²) >= 11 is 0. The standard InChI is InChI=1S/C16H26.C11H19N.2C2H6/c1-6-7-13(3)14(4)11-15(5)16-9-8-12(2)10-16;1-5-6-11-7-10(4)8-12(11)9(2)3;2*1-2/h6-7,11-12,16H,8-10H2,1-5H3;5,10-11H,1-2,6-8H2,3-4H3;2*1-2H3/b7-6-,14-13+,15-11+;;;. The van der Waals surface area contributed by atoms with Gasteiger partial charge in [-0.05, 0) is 89.2 Å². The number of nitrogens with zero attached hydrogens (tertiary/aromatic N) is 1. The number of hydrogen-bond donors (Lipinski definition) is 0. The van der Waals surface area contributed by atoms with Crippen molar-refractivity contribution in [2.75, 3.05) is 6.54 Å². The first-order chi connectivity index (χ1) is 15.2. The predicted molar refractivity (Wildman–Crippen MR) is 150 cm³/mol. The van der Waals surface area contributed by atoms with Crippen LogP contribution < -0.4 is 0 Å². The molecule has 0 aromatic heterocycles. The Bertz CT molecular complexity index is 604. The molecule has 1 aliphatic heterocycles. The Morgan fingerprint density at radius 1 is 0.906 bits per heavy atom. The zero-order chi connectivity index (χ0) is 25.3. The second-order valence-electron chi connectivity index (χ2n) is 9.28. The van der Waals surface area contributed by atoms with Crippen molar-refractivity contribution in [1.29, 1.82) is 0 Å². The van der Waals surface area contributed by atoms with E-state index in [9.17, 15) is 0 Å². The summed E-state index contributed by atoms with van der Waals surface area (Å²) in [6.07, 6.45) is 15.3. The molecule has 4 unspecified atom stereocenters. The molecular formula is C31H57N. The van der Waals surface area contributed by atoms with E-state index in [-0.39, 0.29) is 0 Å². The molecule has 2 fully saturated rings. The van der Waals surface area contributed by atoms with Gasteiger partial charge in [-0.15, -0.1) is 6.58 Å². The smallest absolute Gasteiger partial charge is 0.0324 e. The van der Waals surface area contributed by atoms with Crippen LogP contribution in [-0.2, 0) is 0 Å². The molecule has 0 radical (unpaired) electrons. The molecule has 0 N–H and O–H groups in total. The highest BCUT2D eigenvalue weighted by atomic mass is 15.2. The van der Waals surface area contributed by atoms with Gasteiger partial charge in [-0.2, -0.15) is 0 Å². The van der Waals surface area contributed by atoms with E-state index >= 15 is 0 Å². The molecule has 1 heteroatoms. The first-order valence-electron chi connectivity index (χ1n) is 13.2. The van der Waals surface area contributed by atoms with Gasteiger partial charge in [0, 0.05) is 18.3 Å². The van der Waals surface area contributed by atoms with Crippen LogP contribution in [-0.4, -0.2) is 17.5 Å². The lowest BCUT2D eigenvalue weighted by Gasteiger charge is -2.25. The summed E-state index contributed by atoms with van der Waals surface area (Å²) in [5.74, 6) is 2.57. The Balaban J connectivity index is 0. The van der Waals surface area contributed by atoms with Crippen LogP contribution in [0.5, 0.6) is 0 Å². The quantitative estimate of drug-likeness (QED) is 0.291. The summed E-state index contributed by atoms with van der Waals surface area (Å²) < 4.78 is 0. The fourth-order valence-corrected chi connectivity index (χ4v) is 4.61. The van der Waals surface area contributed by atoms with Gasteiger partial charge in [0.15, 0.2) is 0 Å². The van der Waals surface area contributed by atoms with Gasteiger partial charge < -0.3 is 4.90 Å². The summed E-state index contributed by atoms with van der Waals surface area (Å²) in [6.45, 7) is 32.5. The van der Waals surface area contributed by atoms with Crippen molar-refractivity contribution < 1.29 is 0 Å². The van der Waals surface area contributed by atoms with Gasteiger partial charge in [-0.3, -0.25) is 0 Å². The zero-order valence-electron chi connectivity index (χ0n) is 23.7. The van der Waals surface area contributed by atoms with E-state index in [1.807, 2.05) is 33.8 Å². The lowest BCUT2D eigenvalue weighted by molar-refractivity contribution is 0.321. The lowest BCUT2D eigenvalue weighted by atomic mass is 9.95. The highest BCUT2D eigenvalue weighted by Gasteiger charge is 2.27. The van der Waals surface area contributed by atoms with Gasteiger partial charge in [0.25, 0.3) is 0 Å². The second kappa shape index (κ2) is 19.0. The minimum Gasteiger partial charge on any atom is -0.372 e. The van der Waals surface area contributed by atoms with E-state index in [1.54, 1.807) is 5.57 Å². The van der Waals surface area contributed by atoms with Crippen LogP contribution >= 0.6 is 0 Å². The zero-order valence-corrected chi connectivity index (χ0v) is 23.7. The van der Waals surface area contributed by atoms with Crippen LogP contribution in [0.15, 0.2) is 59.9 Å². The first kappa shape index (κ1) is 32.7. The Morgan fingerprint density at radius 2 is 1.50 bits per heavy atom. The molecule has 0 bridgehead atoms. The summed E-state index contributed by atoms with van der Waals surface area (Å²) in [5.41, 5.74) is 5.57. The van der Waals surface area contributed by atoms with Crippen LogP contribution in [0.4, 0.5) is 0 Å². The van der Waals surface area contributed by atoms with Crippen molar-refractivity contribution in [3.8, 4) is 0 Å². The molecule has 1 saturated heterocycles. The summed E-state index contributed by atoms with van der Waals surface area (Å²) in [7, 11) is 0. The molecule has 186 valence electrons. The maximum Gasteiger partial charge on any atom is 0.0324 e. The van der Waals surface area contributed by atoms with Crippen LogP contribution in [0, 0.1) is 17.8 Å². The third kappa shape index (κ3) is 12.5. The van der Waals surface area contributed by atoms with E-state index in [0.29, 0.717) is 6.04 Å². The Hall–Kier alpha value is -1.50. The third-order valence-electron chi connectivity index (χ3n) is 6.37. The second-order valence-corrected chi connectivity index (χ2v) is 9.28. The average molecular weight is 444 g/mol. The van der Waals surface area contributed by atoms with Crippen molar-refractivity contribution in [3.05, 3.63) is 59.9 Å². The third-order valence-corrected chi connectivity index (χ3v) is 6.37. The number of allylic oxidation sites excluding steroid dienone is 7. The molecule has 2 rings (SSSR count). The number of likely N-dealkylation sites (tertiary alicyclic amines) is 1. The van der Waals surface area contributed by atoms with Crippen molar-refractivity contribution in [3.63, 3.8) is 0 Å². The monoisotopic (exact) mass is 443 g/mol. The minimum atomic E-state index is 0.662. The summed E-state index contributed by atoms with van der Waals surface area (Å²) in [4.78, 5) is 2.41. The molecule has 0 amide bonds. The van der Waals surface area contributed by atoms with Gasteiger partial charge in [0.05, 0.1) is 0 Å². The normalized spacial score (nSPS) is 25.6.